The Morgan fingerprint density at radius 2 is 1.95 bits per heavy atom. The normalized spacial score (nSPS) is 12.2. The highest BCUT2D eigenvalue weighted by atomic mass is 32.2. The maximum atomic E-state index is 11.9. The standard InChI is InChI=1S/C12H18N2O4S3/c1-2-20(15,16)7-6-14-21(17,18)9-10-4-3-5-11(8-10)12(13)19/h3-5,8,14H,2,6-7,9H2,1H3,(H2,13,19). The molecule has 0 radical (unpaired) electrons. The molecule has 0 amide bonds. The molecule has 0 spiro atoms. The molecule has 0 saturated heterocycles. The van der Waals surface area contributed by atoms with E-state index in [-0.39, 0.29) is 28.8 Å². The van der Waals surface area contributed by atoms with E-state index in [4.69, 9.17) is 18.0 Å². The molecule has 1 aromatic rings. The van der Waals surface area contributed by atoms with E-state index in [1.165, 1.54) is 6.92 Å². The Morgan fingerprint density at radius 3 is 2.52 bits per heavy atom. The van der Waals surface area contributed by atoms with Crippen LogP contribution in [0, 0.1) is 0 Å². The number of nitrogens with two attached hydrogens (primary N) is 1. The zero-order chi connectivity index (χ0) is 16.1. The lowest BCUT2D eigenvalue weighted by molar-refractivity contribution is 0.580. The average Bonchev–Trinajstić information content (AvgIpc) is 2.38. The van der Waals surface area contributed by atoms with Gasteiger partial charge in [-0.25, -0.2) is 21.6 Å². The predicted octanol–water partition coefficient (Wildman–Crippen LogP) is 0.175. The highest BCUT2D eigenvalue weighted by molar-refractivity contribution is 7.91. The summed E-state index contributed by atoms with van der Waals surface area (Å²) in [4.78, 5) is 0.191. The number of sulfone groups is 1. The smallest absolute Gasteiger partial charge is 0.215 e. The van der Waals surface area contributed by atoms with Gasteiger partial charge in [-0.05, 0) is 11.6 Å². The summed E-state index contributed by atoms with van der Waals surface area (Å²) in [5, 5.41) is 0. The molecule has 0 aliphatic carbocycles. The van der Waals surface area contributed by atoms with Crippen LogP contribution in [0.15, 0.2) is 24.3 Å². The van der Waals surface area contributed by atoms with E-state index in [0.717, 1.165) is 0 Å². The predicted molar refractivity (Wildman–Crippen MR) is 87.3 cm³/mol. The Kier molecular flexibility index (Phi) is 6.26. The van der Waals surface area contributed by atoms with Gasteiger partial charge in [-0.3, -0.25) is 0 Å². The van der Waals surface area contributed by atoms with Crippen LogP contribution in [-0.4, -0.2) is 39.9 Å². The van der Waals surface area contributed by atoms with Crippen molar-refractivity contribution in [2.45, 2.75) is 12.7 Å². The number of hydrogen-bond donors (Lipinski definition) is 2. The Hall–Kier alpha value is -1.03. The fourth-order valence-corrected chi connectivity index (χ4v) is 3.67. The SMILES string of the molecule is CCS(=O)(=O)CCNS(=O)(=O)Cc1cccc(C(N)=S)c1. The molecule has 0 unspecified atom stereocenters. The third-order valence-corrected chi connectivity index (χ3v) is 6.04. The first kappa shape index (κ1) is 18.0. The van der Waals surface area contributed by atoms with Crippen molar-refractivity contribution < 1.29 is 16.8 Å². The molecule has 0 bridgehead atoms. The number of nitrogens with one attached hydrogen (secondary N) is 1. The van der Waals surface area contributed by atoms with Gasteiger partial charge in [-0.15, -0.1) is 0 Å². The van der Waals surface area contributed by atoms with Crippen molar-refractivity contribution in [1.29, 1.82) is 0 Å². The fourth-order valence-electron chi connectivity index (χ4n) is 1.58. The number of sulfonamides is 1. The largest absolute Gasteiger partial charge is 0.389 e. The second-order valence-corrected chi connectivity index (χ2v) is 9.17. The molecule has 0 atom stereocenters. The van der Waals surface area contributed by atoms with Gasteiger partial charge >= 0.3 is 0 Å². The van der Waals surface area contributed by atoms with Gasteiger partial charge in [0, 0.05) is 17.9 Å². The fraction of sp³-hybridized carbons (Fsp3) is 0.417. The van der Waals surface area contributed by atoms with Crippen molar-refractivity contribution >= 4 is 37.1 Å². The van der Waals surface area contributed by atoms with Crippen LogP contribution in [0.25, 0.3) is 0 Å². The minimum Gasteiger partial charge on any atom is -0.389 e. The molecule has 0 aliphatic heterocycles. The van der Waals surface area contributed by atoms with Crippen LogP contribution in [0.3, 0.4) is 0 Å². The molecule has 9 heteroatoms. The van der Waals surface area contributed by atoms with Gasteiger partial charge < -0.3 is 5.73 Å². The molecule has 0 heterocycles. The van der Waals surface area contributed by atoms with Crippen molar-refractivity contribution in [2.75, 3.05) is 18.1 Å². The maximum Gasteiger partial charge on any atom is 0.215 e. The Bertz CT molecular complexity index is 712. The molecule has 0 fully saturated rings. The van der Waals surface area contributed by atoms with Crippen LogP contribution in [0.5, 0.6) is 0 Å². The van der Waals surface area contributed by atoms with Crippen LogP contribution in [0.2, 0.25) is 0 Å². The lowest BCUT2D eigenvalue weighted by Crippen LogP contribution is -2.30. The quantitative estimate of drug-likeness (QED) is 0.648. The van der Waals surface area contributed by atoms with E-state index in [2.05, 4.69) is 4.72 Å². The van der Waals surface area contributed by atoms with Crippen LogP contribution in [0.1, 0.15) is 18.1 Å². The summed E-state index contributed by atoms with van der Waals surface area (Å²) in [6, 6.07) is 6.61. The molecular weight excluding hydrogens is 332 g/mol. The van der Waals surface area contributed by atoms with Crippen molar-refractivity contribution in [3.8, 4) is 0 Å². The van der Waals surface area contributed by atoms with Gasteiger partial charge in [0.05, 0.1) is 11.5 Å². The van der Waals surface area contributed by atoms with Gasteiger partial charge in [0.15, 0.2) is 9.84 Å². The Balaban J connectivity index is 2.68. The zero-order valence-electron chi connectivity index (χ0n) is 11.6. The first-order valence-electron chi connectivity index (χ1n) is 6.22. The second kappa shape index (κ2) is 7.30. The minimum absolute atomic E-state index is 0.00921. The molecule has 3 N–H and O–H groups in total. The van der Waals surface area contributed by atoms with Gasteiger partial charge in [-0.1, -0.05) is 37.3 Å². The molecule has 0 aromatic heterocycles. The van der Waals surface area contributed by atoms with Crippen molar-refractivity contribution in [3.63, 3.8) is 0 Å². The van der Waals surface area contributed by atoms with E-state index in [1.54, 1.807) is 24.3 Å². The summed E-state index contributed by atoms with van der Waals surface area (Å²) in [6.45, 7) is 1.39. The van der Waals surface area contributed by atoms with Gasteiger partial charge in [0.25, 0.3) is 0 Å². The minimum atomic E-state index is -3.61. The van der Waals surface area contributed by atoms with Crippen LogP contribution < -0.4 is 10.5 Å². The summed E-state index contributed by atoms with van der Waals surface area (Å²) in [5.74, 6) is -0.476. The molecule has 6 nitrogen and oxygen atoms in total. The number of benzene rings is 1. The second-order valence-electron chi connectivity index (χ2n) is 4.45. The highest BCUT2D eigenvalue weighted by Gasteiger charge is 2.14. The topological polar surface area (TPSA) is 106 Å². The summed E-state index contributed by atoms with van der Waals surface area (Å²) in [5.41, 5.74) is 6.61. The first-order valence-corrected chi connectivity index (χ1v) is 10.1. The Morgan fingerprint density at radius 1 is 1.29 bits per heavy atom. The summed E-state index contributed by atoms with van der Waals surface area (Å²) in [7, 11) is -6.80. The molecule has 1 rings (SSSR count). The van der Waals surface area contributed by atoms with Crippen LogP contribution in [0.4, 0.5) is 0 Å². The third kappa shape index (κ3) is 6.51. The van der Waals surface area contributed by atoms with Gasteiger partial charge in [0.2, 0.25) is 10.0 Å². The van der Waals surface area contributed by atoms with Crippen LogP contribution in [-0.2, 0) is 25.6 Å². The first-order chi connectivity index (χ1) is 9.65. The van der Waals surface area contributed by atoms with Crippen molar-refractivity contribution in [1.82, 2.24) is 4.72 Å². The zero-order valence-corrected chi connectivity index (χ0v) is 14.0. The summed E-state index contributed by atoms with van der Waals surface area (Å²) in [6.07, 6.45) is 0. The van der Waals surface area contributed by atoms with Gasteiger partial charge in [0.1, 0.15) is 4.99 Å². The number of hydrogen-bond acceptors (Lipinski definition) is 5. The highest BCUT2D eigenvalue weighted by Crippen LogP contribution is 2.08. The van der Waals surface area contributed by atoms with E-state index in [1.807, 2.05) is 0 Å². The monoisotopic (exact) mass is 350 g/mol. The molecule has 0 saturated carbocycles. The van der Waals surface area contributed by atoms with E-state index < -0.39 is 19.9 Å². The molecular formula is C12H18N2O4S3. The van der Waals surface area contributed by atoms with E-state index >= 15 is 0 Å². The summed E-state index contributed by atoms with van der Waals surface area (Å²) < 4.78 is 48.6. The van der Waals surface area contributed by atoms with Crippen molar-refractivity contribution in [2.24, 2.45) is 5.73 Å². The van der Waals surface area contributed by atoms with Crippen molar-refractivity contribution in [3.05, 3.63) is 35.4 Å². The molecule has 1 aromatic carbocycles. The molecule has 0 aliphatic rings. The number of rotatable bonds is 8. The number of thiocarbonyl (C=S) groups is 1. The lowest BCUT2D eigenvalue weighted by atomic mass is 10.1. The Labute approximate surface area is 130 Å². The molecule has 118 valence electrons. The van der Waals surface area contributed by atoms with E-state index in [9.17, 15) is 16.8 Å². The van der Waals surface area contributed by atoms with Gasteiger partial charge in [-0.2, -0.15) is 0 Å². The lowest BCUT2D eigenvalue weighted by Gasteiger charge is -2.08. The summed E-state index contributed by atoms with van der Waals surface area (Å²) >= 11 is 4.83. The third-order valence-electron chi connectivity index (χ3n) is 2.74. The van der Waals surface area contributed by atoms with Crippen LogP contribution >= 0.6 is 12.2 Å². The molecule has 21 heavy (non-hydrogen) atoms. The average molecular weight is 350 g/mol. The van der Waals surface area contributed by atoms with E-state index in [0.29, 0.717) is 11.1 Å². The maximum absolute atomic E-state index is 11.9.